The number of anilines is 2. The van der Waals surface area contributed by atoms with Gasteiger partial charge in [-0.1, -0.05) is 11.6 Å². The molecule has 1 aliphatic heterocycles. The number of nitrogens with zero attached hydrogens (tertiary/aromatic N) is 1. The lowest BCUT2D eigenvalue weighted by atomic mass is 10.0. The number of amides is 3. The van der Waals surface area contributed by atoms with Gasteiger partial charge in [0.05, 0.1) is 23.4 Å². The average Bonchev–Trinajstić information content (AvgIpc) is 2.58. The minimum absolute atomic E-state index is 0.0592. The standard InChI is InChI=1S/C16H22ClN3O4/c1-24-10-15(22)18-11-5-6-13(17)14(8-11)19-16(23)20-7-3-2-4-12(20)9-21/h5-6,8,12,21H,2-4,7,9-10H2,1H3,(H,18,22)(H,19,23). The van der Waals surface area contributed by atoms with Gasteiger partial charge in [0.15, 0.2) is 0 Å². The molecule has 1 fully saturated rings. The van der Waals surface area contributed by atoms with E-state index >= 15 is 0 Å². The van der Waals surface area contributed by atoms with Gasteiger partial charge in [-0.3, -0.25) is 4.79 Å². The predicted octanol–water partition coefficient (Wildman–Crippen LogP) is 2.30. The molecule has 7 nitrogen and oxygen atoms in total. The molecule has 1 aromatic carbocycles. The highest BCUT2D eigenvalue weighted by atomic mass is 35.5. The Balaban J connectivity index is 2.07. The number of piperidine rings is 1. The van der Waals surface area contributed by atoms with E-state index in [1.54, 1.807) is 23.1 Å². The van der Waals surface area contributed by atoms with Crippen LogP contribution in [-0.4, -0.2) is 54.9 Å². The van der Waals surface area contributed by atoms with Gasteiger partial charge in [-0.2, -0.15) is 0 Å². The van der Waals surface area contributed by atoms with Gasteiger partial charge in [-0.25, -0.2) is 4.79 Å². The summed E-state index contributed by atoms with van der Waals surface area (Å²) >= 11 is 6.13. The SMILES string of the molecule is COCC(=O)Nc1ccc(Cl)c(NC(=O)N2CCCCC2CO)c1. The van der Waals surface area contributed by atoms with Crippen molar-refractivity contribution < 1.29 is 19.4 Å². The Hall–Kier alpha value is -1.83. The van der Waals surface area contributed by atoms with Gasteiger partial charge in [-0.05, 0) is 37.5 Å². The number of ether oxygens (including phenoxy) is 1. The molecular weight excluding hydrogens is 334 g/mol. The Morgan fingerprint density at radius 3 is 2.88 bits per heavy atom. The number of hydrogen-bond acceptors (Lipinski definition) is 4. The molecule has 132 valence electrons. The van der Waals surface area contributed by atoms with Crippen molar-refractivity contribution in [2.24, 2.45) is 0 Å². The highest BCUT2D eigenvalue weighted by Crippen LogP contribution is 2.27. The van der Waals surface area contributed by atoms with Gasteiger partial charge in [-0.15, -0.1) is 0 Å². The zero-order chi connectivity index (χ0) is 17.5. The van der Waals surface area contributed by atoms with Crippen LogP contribution in [0.15, 0.2) is 18.2 Å². The average molecular weight is 356 g/mol. The molecule has 3 N–H and O–H groups in total. The summed E-state index contributed by atoms with van der Waals surface area (Å²) in [5.41, 5.74) is 0.910. The molecule has 1 saturated heterocycles. The topological polar surface area (TPSA) is 90.9 Å². The number of hydrogen-bond donors (Lipinski definition) is 3. The van der Waals surface area contributed by atoms with Crippen LogP contribution in [0.1, 0.15) is 19.3 Å². The molecular formula is C16H22ClN3O4. The highest BCUT2D eigenvalue weighted by molar-refractivity contribution is 6.33. The van der Waals surface area contributed by atoms with Crippen LogP contribution in [0.3, 0.4) is 0 Å². The number of halogens is 1. The predicted molar refractivity (Wildman–Crippen MR) is 92.4 cm³/mol. The van der Waals surface area contributed by atoms with E-state index in [2.05, 4.69) is 10.6 Å². The molecule has 1 heterocycles. The number of rotatable bonds is 5. The van der Waals surface area contributed by atoms with Crippen LogP contribution in [0.4, 0.5) is 16.2 Å². The summed E-state index contributed by atoms with van der Waals surface area (Å²) < 4.78 is 4.76. The maximum atomic E-state index is 12.5. The zero-order valence-corrected chi connectivity index (χ0v) is 14.3. The van der Waals surface area contributed by atoms with E-state index in [-0.39, 0.29) is 31.2 Å². The number of aliphatic hydroxyl groups excluding tert-OH is 1. The van der Waals surface area contributed by atoms with Crippen molar-refractivity contribution in [1.82, 2.24) is 4.90 Å². The van der Waals surface area contributed by atoms with E-state index in [9.17, 15) is 14.7 Å². The first-order chi connectivity index (χ1) is 11.5. The fourth-order valence-corrected chi connectivity index (χ4v) is 2.84. The summed E-state index contributed by atoms with van der Waals surface area (Å²) in [5.74, 6) is -0.298. The molecule has 8 heteroatoms. The van der Waals surface area contributed by atoms with Crippen molar-refractivity contribution in [1.29, 1.82) is 0 Å². The first-order valence-electron chi connectivity index (χ1n) is 7.82. The molecule has 0 radical (unpaired) electrons. The van der Waals surface area contributed by atoms with Gasteiger partial charge >= 0.3 is 6.03 Å². The fraction of sp³-hybridized carbons (Fsp3) is 0.500. The largest absolute Gasteiger partial charge is 0.394 e. The number of aliphatic hydroxyl groups is 1. The number of urea groups is 1. The van der Waals surface area contributed by atoms with Crippen LogP contribution in [0.2, 0.25) is 5.02 Å². The van der Waals surface area contributed by atoms with E-state index in [0.717, 1.165) is 19.3 Å². The summed E-state index contributed by atoms with van der Waals surface area (Å²) in [6, 6.07) is 4.34. The first-order valence-corrected chi connectivity index (χ1v) is 8.19. The van der Waals surface area contributed by atoms with Crippen molar-refractivity contribution in [3.05, 3.63) is 23.2 Å². The van der Waals surface area contributed by atoms with E-state index < -0.39 is 0 Å². The van der Waals surface area contributed by atoms with Gasteiger partial charge in [0, 0.05) is 19.3 Å². The van der Waals surface area contributed by atoms with Crippen molar-refractivity contribution in [2.75, 3.05) is 37.5 Å². The van der Waals surface area contributed by atoms with E-state index in [4.69, 9.17) is 16.3 Å². The van der Waals surface area contributed by atoms with Gasteiger partial charge in [0.25, 0.3) is 0 Å². The minimum atomic E-state index is -0.309. The molecule has 0 spiro atoms. The van der Waals surface area contributed by atoms with E-state index in [0.29, 0.717) is 22.9 Å². The van der Waals surface area contributed by atoms with Crippen molar-refractivity contribution in [3.8, 4) is 0 Å². The molecule has 1 aliphatic rings. The monoisotopic (exact) mass is 355 g/mol. The summed E-state index contributed by atoms with van der Waals surface area (Å²) in [4.78, 5) is 25.7. The normalized spacial score (nSPS) is 17.5. The lowest BCUT2D eigenvalue weighted by Gasteiger charge is -2.34. The third kappa shape index (κ3) is 4.83. The molecule has 1 unspecified atom stereocenters. The van der Waals surface area contributed by atoms with E-state index in [1.165, 1.54) is 7.11 Å². The van der Waals surface area contributed by atoms with Crippen molar-refractivity contribution in [3.63, 3.8) is 0 Å². The molecule has 0 saturated carbocycles. The van der Waals surface area contributed by atoms with Crippen LogP contribution in [0.5, 0.6) is 0 Å². The van der Waals surface area contributed by atoms with Crippen molar-refractivity contribution in [2.45, 2.75) is 25.3 Å². The van der Waals surface area contributed by atoms with Crippen LogP contribution >= 0.6 is 11.6 Å². The second-order valence-corrected chi connectivity index (χ2v) is 6.04. The molecule has 24 heavy (non-hydrogen) atoms. The van der Waals surface area contributed by atoms with Crippen LogP contribution < -0.4 is 10.6 Å². The number of nitrogens with one attached hydrogen (secondary N) is 2. The molecule has 0 aromatic heterocycles. The lowest BCUT2D eigenvalue weighted by Crippen LogP contribution is -2.47. The van der Waals surface area contributed by atoms with Gasteiger partial charge in [0.2, 0.25) is 5.91 Å². The number of methoxy groups -OCH3 is 1. The molecule has 1 aromatic rings. The van der Waals surface area contributed by atoms with Crippen LogP contribution in [-0.2, 0) is 9.53 Å². The second-order valence-electron chi connectivity index (χ2n) is 5.63. The third-order valence-electron chi connectivity index (χ3n) is 3.87. The Labute approximate surface area is 145 Å². The maximum Gasteiger partial charge on any atom is 0.322 e. The Bertz CT molecular complexity index is 597. The Kier molecular flexibility index (Phi) is 6.84. The highest BCUT2D eigenvalue weighted by Gasteiger charge is 2.26. The number of carbonyl (C=O) groups is 2. The summed E-state index contributed by atoms with van der Waals surface area (Å²) in [6.07, 6.45) is 2.69. The van der Waals surface area contributed by atoms with Gasteiger partial charge in [0.1, 0.15) is 6.61 Å². The minimum Gasteiger partial charge on any atom is -0.394 e. The van der Waals surface area contributed by atoms with Crippen molar-refractivity contribution >= 4 is 34.9 Å². The number of benzene rings is 1. The fourth-order valence-electron chi connectivity index (χ4n) is 2.67. The van der Waals surface area contributed by atoms with E-state index in [1.807, 2.05) is 0 Å². The molecule has 1 atom stereocenters. The molecule has 0 aliphatic carbocycles. The van der Waals surface area contributed by atoms with Crippen LogP contribution in [0, 0.1) is 0 Å². The summed E-state index contributed by atoms with van der Waals surface area (Å²) in [6.45, 7) is 0.476. The second kappa shape index (κ2) is 8.86. The Morgan fingerprint density at radius 2 is 2.17 bits per heavy atom. The molecule has 3 amide bonds. The maximum absolute atomic E-state index is 12.5. The molecule has 0 bridgehead atoms. The zero-order valence-electron chi connectivity index (χ0n) is 13.5. The summed E-state index contributed by atoms with van der Waals surface area (Å²) in [5, 5.41) is 15.2. The number of likely N-dealkylation sites (tertiary alicyclic amines) is 1. The van der Waals surface area contributed by atoms with Crippen LogP contribution in [0.25, 0.3) is 0 Å². The Morgan fingerprint density at radius 1 is 1.38 bits per heavy atom. The molecule has 2 rings (SSSR count). The lowest BCUT2D eigenvalue weighted by molar-refractivity contribution is -0.119. The third-order valence-corrected chi connectivity index (χ3v) is 4.20. The quantitative estimate of drug-likeness (QED) is 0.755. The first kappa shape index (κ1) is 18.5. The number of carbonyl (C=O) groups excluding carboxylic acids is 2. The smallest absolute Gasteiger partial charge is 0.322 e. The van der Waals surface area contributed by atoms with Gasteiger partial charge < -0.3 is 25.4 Å². The summed E-state index contributed by atoms with van der Waals surface area (Å²) in [7, 11) is 1.43.